The number of carbonyl (C=O) groups is 3. The highest BCUT2D eigenvalue weighted by Crippen LogP contribution is 2.55. The first-order valence-corrected chi connectivity index (χ1v) is 11.6. The quantitative estimate of drug-likeness (QED) is 0.629. The zero-order valence-electron chi connectivity index (χ0n) is 18.3. The predicted molar refractivity (Wildman–Crippen MR) is 127 cm³/mol. The van der Waals surface area contributed by atoms with Gasteiger partial charge in [-0.2, -0.15) is 0 Å². The molecule has 8 heteroatoms. The summed E-state index contributed by atoms with van der Waals surface area (Å²) in [6.45, 7) is 4.09. The van der Waals surface area contributed by atoms with E-state index in [1.807, 2.05) is 56.3 Å². The molecule has 0 radical (unpaired) electrons. The standard InChI is InChI=1S/C25H23N3O4S/c1-16-9-10-18(12-17(16)2)28-23(30)15-33-25(28)20-7-3-4-8-21(20)27(24(25)31)14-22(29)26-13-19-6-5-11-32-19/h3-12H,13-15H2,1-2H3,(H,26,29). The third-order valence-corrected chi connectivity index (χ3v) is 7.54. The van der Waals surface area contributed by atoms with Gasteiger partial charge in [0, 0.05) is 11.3 Å². The minimum absolute atomic E-state index is 0.129. The summed E-state index contributed by atoms with van der Waals surface area (Å²) in [6.07, 6.45) is 1.54. The number of nitrogens with one attached hydrogen (secondary N) is 1. The lowest BCUT2D eigenvalue weighted by Crippen LogP contribution is -2.51. The van der Waals surface area contributed by atoms with Crippen LogP contribution in [0.25, 0.3) is 0 Å². The average molecular weight is 462 g/mol. The number of rotatable bonds is 5. The van der Waals surface area contributed by atoms with Crippen molar-refractivity contribution in [3.63, 3.8) is 0 Å². The molecule has 1 saturated heterocycles. The van der Waals surface area contributed by atoms with E-state index in [1.54, 1.807) is 23.3 Å². The van der Waals surface area contributed by atoms with Crippen molar-refractivity contribution in [1.82, 2.24) is 5.32 Å². The van der Waals surface area contributed by atoms with Crippen molar-refractivity contribution in [3.8, 4) is 0 Å². The number of amides is 3. The fourth-order valence-electron chi connectivity index (χ4n) is 4.38. The van der Waals surface area contributed by atoms with Crippen molar-refractivity contribution in [3.05, 3.63) is 83.3 Å². The Morgan fingerprint density at radius 2 is 1.91 bits per heavy atom. The molecule has 33 heavy (non-hydrogen) atoms. The van der Waals surface area contributed by atoms with Crippen LogP contribution in [0.4, 0.5) is 11.4 Å². The number of hydrogen-bond acceptors (Lipinski definition) is 5. The Kier molecular flexibility index (Phi) is 5.25. The first-order valence-electron chi connectivity index (χ1n) is 10.7. The van der Waals surface area contributed by atoms with Gasteiger partial charge >= 0.3 is 0 Å². The first kappa shape index (κ1) is 21.3. The molecule has 2 aliphatic rings. The van der Waals surface area contributed by atoms with E-state index < -0.39 is 4.87 Å². The Hall–Kier alpha value is -3.52. The van der Waals surface area contributed by atoms with Crippen molar-refractivity contribution >= 4 is 40.9 Å². The summed E-state index contributed by atoms with van der Waals surface area (Å²) in [5, 5.41) is 2.79. The number of hydrogen-bond donors (Lipinski definition) is 1. The van der Waals surface area contributed by atoms with E-state index in [9.17, 15) is 14.4 Å². The summed E-state index contributed by atoms with van der Waals surface area (Å²) < 4.78 is 5.26. The summed E-state index contributed by atoms with van der Waals surface area (Å²) in [6, 6.07) is 16.7. The van der Waals surface area contributed by atoms with Crippen LogP contribution < -0.4 is 15.1 Å². The number of carbonyl (C=O) groups excluding carboxylic acids is 3. The van der Waals surface area contributed by atoms with E-state index >= 15 is 0 Å². The number of fused-ring (bicyclic) bond motifs is 2. The second-order valence-corrected chi connectivity index (χ2v) is 9.36. The molecule has 5 rings (SSSR count). The Bertz CT molecular complexity index is 1260. The molecule has 1 aromatic heterocycles. The van der Waals surface area contributed by atoms with Gasteiger partial charge in [-0.05, 0) is 55.3 Å². The van der Waals surface area contributed by atoms with Crippen molar-refractivity contribution in [2.24, 2.45) is 0 Å². The summed E-state index contributed by atoms with van der Waals surface area (Å²) >= 11 is 1.30. The molecule has 3 amide bonds. The van der Waals surface area contributed by atoms with Gasteiger partial charge in [0.25, 0.3) is 5.91 Å². The maximum Gasteiger partial charge on any atom is 0.269 e. The van der Waals surface area contributed by atoms with E-state index in [2.05, 4.69) is 5.32 Å². The van der Waals surface area contributed by atoms with Crippen LogP contribution in [0.2, 0.25) is 0 Å². The van der Waals surface area contributed by atoms with Gasteiger partial charge in [-0.15, -0.1) is 11.8 Å². The highest BCUT2D eigenvalue weighted by Gasteiger charge is 2.61. The third-order valence-electron chi connectivity index (χ3n) is 6.15. The van der Waals surface area contributed by atoms with Gasteiger partial charge in [0.15, 0.2) is 0 Å². The largest absolute Gasteiger partial charge is 0.467 e. The SMILES string of the molecule is Cc1ccc(N2C(=O)CSC23C(=O)N(CC(=O)NCc2ccco2)c2ccccc23)cc1C. The molecule has 0 saturated carbocycles. The van der Waals surface area contributed by atoms with E-state index in [-0.39, 0.29) is 36.6 Å². The van der Waals surface area contributed by atoms with Gasteiger partial charge in [0.05, 0.1) is 24.2 Å². The monoisotopic (exact) mass is 461 g/mol. The van der Waals surface area contributed by atoms with Gasteiger partial charge in [-0.25, -0.2) is 0 Å². The summed E-state index contributed by atoms with van der Waals surface area (Å²) in [5.41, 5.74) is 4.20. The lowest BCUT2D eigenvalue weighted by molar-refractivity contribution is -0.125. The van der Waals surface area contributed by atoms with E-state index in [0.29, 0.717) is 17.1 Å². The predicted octanol–water partition coefficient (Wildman–Crippen LogP) is 3.49. The molecule has 0 bridgehead atoms. The number of anilines is 2. The fraction of sp³-hybridized carbons (Fsp3) is 0.240. The van der Waals surface area contributed by atoms with Crippen LogP contribution in [0.1, 0.15) is 22.5 Å². The molecule has 1 N–H and O–H groups in total. The molecule has 1 spiro atoms. The van der Waals surface area contributed by atoms with Crippen molar-refractivity contribution in [2.45, 2.75) is 25.3 Å². The van der Waals surface area contributed by atoms with E-state index in [4.69, 9.17) is 4.42 Å². The molecule has 3 aromatic rings. The second-order valence-electron chi connectivity index (χ2n) is 8.19. The maximum atomic E-state index is 13.9. The molecule has 3 heterocycles. The minimum Gasteiger partial charge on any atom is -0.467 e. The highest BCUT2D eigenvalue weighted by atomic mass is 32.2. The normalized spacial score (nSPS) is 19.5. The molecule has 2 aromatic carbocycles. The lowest BCUT2D eigenvalue weighted by atomic mass is 10.0. The van der Waals surface area contributed by atoms with Crippen LogP contribution in [-0.2, 0) is 25.8 Å². The molecule has 1 atom stereocenters. The minimum atomic E-state index is -1.23. The Labute approximate surface area is 195 Å². The molecule has 0 aliphatic carbocycles. The van der Waals surface area contributed by atoms with Crippen molar-refractivity contribution < 1.29 is 18.8 Å². The smallest absolute Gasteiger partial charge is 0.269 e. The van der Waals surface area contributed by atoms with Crippen molar-refractivity contribution in [1.29, 1.82) is 0 Å². The Morgan fingerprint density at radius 3 is 2.67 bits per heavy atom. The van der Waals surface area contributed by atoms with Crippen LogP contribution >= 0.6 is 11.8 Å². The Balaban J connectivity index is 1.50. The summed E-state index contributed by atoms with van der Waals surface area (Å²) in [7, 11) is 0. The molecule has 2 aliphatic heterocycles. The van der Waals surface area contributed by atoms with E-state index in [1.165, 1.54) is 16.7 Å². The number of benzene rings is 2. The Morgan fingerprint density at radius 1 is 1.09 bits per heavy atom. The third kappa shape index (κ3) is 3.41. The average Bonchev–Trinajstić information content (AvgIpc) is 3.50. The topological polar surface area (TPSA) is 82.9 Å². The zero-order valence-corrected chi connectivity index (χ0v) is 19.1. The van der Waals surface area contributed by atoms with Crippen LogP contribution in [0.3, 0.4) is 0 Å². The summed E-state index contributed by atoms with van der Waals surface area (Å²) in [4.78, 5) is 41.6. The number of para-hydroxylation sites is 1. The maximum absolute atomic E-state index is 13.9. The number of thioether (sulfide) groups is 1. The fourth-order valence-corrected chi connectivity index (χ4v) is 5.73. The van der Waals surface area contributed by atoms with Gasteiger partial charge in [0.2, 0.25) is 16.7 Å². The molecular formula is C25H23N3O4S. The molecule has 168 valence electrons. The van der Waals surface area contributed by atoms with Gasteiger partial charge in [-0.1, -0.05) is 24.3 Å². The molecule has 1 unspecified atom stereocenters. The number of nitrogens with zero attached hydrogens (tertiary/aromatic N) is 2. The molecular weight excluding hydrogens is 438 g/mol. The van der Waals surface area contributed by atoms with Crippen LogP contribution in [0.15, 0.2) is 65.3 Å². The summed E-state index contributed by atoms with van der Waals surface area (Å²) in [5.74, 6) is 0.0943. The zero-order chi connectivity index (χ0) is 23.2. The van der Waals surface area contributed by atoms with E-state index in [0.717, 1.165) is 16.7 Å². The lowest BCUT2D eigenvalue weighted by Gasteiger charge is -2.33. The van der Waals surface area contributed by atoms with Crippen molar-refractivity contribution in [2.75, 3.05) is 22.1 Å². The highest BCUT2D eigenvalue weighted by molar-refractivity contribution is 8.02. The van der Waals surface area contributed by atoms with Crippen LogP contribution in [0.5, 0.6) is 0 Å². The van der Waals surface area contributed by atoms with Gasteiger partial charge in [0.1, 0.15) is 12.3 Å². The van der Waals surface area contributed by atoms with Gasteiger partial charge < -0.3 is 9.73 Å². The van der Waals surface area contributed by atoms with Crippen LogP contribution in [0, 0.1) is 13.8 Å². The number of aryl methyl sites for hydroxylation is 2. The second kappa shape index (κ2) is 8.12. The van der Waals surface area contributed by atoms with Crippen LogP contribution in [-0.4, -0.2) is 30.0 Å². The first-order chi connectivity index (χ1) is 15.9. The molecule has 1 fully saturated rings. The van der Waals surface area contributed by atoms with Gasteiger partial charge in [-0.3, -0.25) is 24.2 Å². The molecule has 7 nitrogen and oxygen atoms in total. The number of furan rings is 1.